The molecule has 2 N–H and O–H groups in total. The van der Waals surface area contributed by atoms with Gasteiger partial charge in [-0.15, -0.1) is 0 Å². The molecule has 0 aliphatic rings. The Morgan fingerprint density at radius 2 is 1.54 bits per heavy atom. The summed E-state index contributed by atoms with van der Waals surface area (Å²) in [4.78, 5) is 24.2. The molecule has 0 saturated heterocycles. The van der Waals surface area contributed by atoms with Crippen molar-refractivity contribution in [2.45, 2.75) is 6.92 Å². The van der Waals surface area contributed by atoms with Crippen molar-refractivity contribution in [3.8, 4) is 5.75 Å². The first-order chi connectivity index (χ1) is 13.5. The monoisotopic (exact) mass is 394 g/mol. The van der Waals surface area contributed by atoms with E-state index in [1.165, 1.54) is 0 Å². The smallest absolute Gasteiger partial charge is 0.262 e. The van der Waals surface area contributed by atoms with Gasteiger partial charge < -0.3 is 15.4 Å². The van der Waals surface area contributed by atoms with Crippen LogP contribution in [0.1, 0.15) is 15.9 Å². The molecule has 0 unspecified atom stereocenters. The number of hydrogen-bond acceptors (Lipinski definition) is 3. The van der Waals surface area contributed by atoms with Gasteiger partial charge in [-0.25, -0.2) is 0 Å². The lowest BCUT2D eigenvalue weighted by atomic mass is 10.2. The second-order valence-corrected chi connectivity index (χ2v) is 6.63. The van der Waals surface area contributed by atoms with Crippen LogP contribution in [0.3, 0.4) is 0 Å². The summed E-state index contributed by atoms with van der Waals surface area (Å²) in [5.74, 6) is 0.113. The maximum absolute atomic E-state index is 12.2. The van der Waals surface area contributed by atoms with Crippen molar-refractivity contribution in [3.05, 3.63) is 88.9 Å². The fourth-order valence-corrected chi connectivity index (χ4v) is 2.64. The molecule has 3 rings (SSSR count). The van der Waals surface area contributed by atoms with Gasteiger partial charge in [0.05, 0.1) is 0 Å². The molecular weight excluding hydrogens is 376 g/mol. The lowest BCUT2D eigenvalue weighted by molar-refractivity contribution is -0.118. The molecule has 0 aliphatic heterocycles. The van der Waals surface area contributed by atoms with E-state index >= 15 is 0 Å². The van der Waals surface area contributed by atoms with Crippen molar-refractivity contribution in [2.75, 3.05) is 17.2 Å². The van der Waals surface area contributed by atoms with Gasteiger partial charge in [0.15, 0.2) is 6.61 Å². The molecule has 0 bridgehead atoms. The van der Waals surface area contributed by atoms with Crippen LogP contribution in [0.2, 0.25) is 5.02 Å². The zero-order valence-corrected chi connectivity index (χ0v) is 16.0. The van der Waals surface area contributed by atoms with Crippen LogP contribution < -0.4 is 15.4 Å². The Labute approximate surface area is 168 Å². The van der Waals surface area contributed by atoms with Crippen molar-refractivity contribution in [3.63, 3.8) is 0 Å². The van der Waals surface area contributed by atoms with Gasteiger partial charge in [-0.2, -0.15) is 0 Å². The highest BCUT2D eigenvalue weighted by Crippen LogP contribution is 2.17. The van der Waals surface area contributed by atoms with E-state index in [2.05, 4.69) is 10.6 Å². The summed E-state index contributed by atoms with van der Waals surface area (Å²) in [6.07, 6.45) is 0. The molecular formula is C22H19ClN2O3. The zero-order valence-electron chi connectivity index (χ0n) is 15.2. The molecule has 0 spiro atoms. The predicted molar refractivity (Wildman–Crippen MR) is 111 cm³/mol. The molecule has 6 heteroatoms. The molecule has 2 amide bonds. The summed E-state index contributed by atoms with van der Waals surface area (Å²) in [5.41, 5.74) is 2.81. The lowest BCUT2D eigenvalue weighted by Crippen LogP contribution is -2.20. The summed E-state index contributed by atoms with van der Waals surface area (Å²) < 4.78 is 5.45. The lowest BCUT2D eigenvalue weighted by Gasteiger charge is -2.09. The molecule has 0 fully saturated rings. The maximum atomic E-state index is 12.2. The molecule has 3 aromatic rings. The first-order valence-electron chi connectivity index (χ1n) is 8.66. The Hall–Kier alpha value is -3.31. The third kappa shape index (κ3) is 5.59. The highest BCUT2D eigenvalue weighted by Gasteiger charge is 2.07. The molecule has 0 heterocycles. The maximum Gasteiger partial charge on any atom is 0.262 e. The van der Waals surface area contributed by atoms with Gasteiger partial charge in [0.1, 0.15) is 5.75 Å². The fourth-order valence-electron chi connectivity index (χ4n) is 2.45. The number of carbonyl (C=O) groups excluding carboxylic acids is 2. The highest BCUT2D eigenvalue weighted by atomic mass is 35.5. The Kier molecular flexibility index (Phi) is 6.29. The summed E-state index contributed by atoms with van der Waals surface area (Å²) >= 11 is 5.90. The molecule has 28 heavy (non-hydrogen) atoms. The minimum atomic E-state index is -0.267. The van der Waals surface area contributed by atoms with Crippen molar-refractivity contribution in [1.82, 2.24) is 0 Å². The van der Waals surface area contributed by atoms with Crippen LogP contribution in [0, 0.1) is 6.92 Å². The quantitative estimate of drug-likeness (QED) is 0.623. The van der Waals surface area contributed by atoms with Crippen molar-refractivity contribution in [1.29, 1.82) is 0 Å². The van der Waals surface area contributed by atoms with Gasteiger partial charge in [-0.3, -0.25) is 9.59 Å². The third-order valence-electron chi connectivity index (χ3n) is 3.90. The average molecular weight is 395 g/mol. The van der Waals surface area contributed by atoms with Crippen LogP contribution in [0.25, 0.3) is 0 Å². The van der Waals surface area contributed by atoms with Crippen LogP contribution in [-0.2, 0) is 4.79 Å². The number of amides is 2. The molecule has 5 nitrogen and oxygen atoms in total. The highest BCUT2D eigenvalue weighted by molar-refractivity contribution is 6.31. The van der Waals surface area contributed by atoms with Crippen LogP contribution in [0.15, 0.2) is 72.8 Å². The molecule has 0 saturated carbocycles. The van der Waals surface area contributed by atoms with Gasteiger partial charge >= 0.3 is 0 Å². The van der Waals surface area contributed by atoms with Crippen LogP contribution in [0.4, 0.5) is 11.4 Å². The van der Waals surface area contributed by atoms with Crippen LogP contribution in [0.5, 0.6) is 5.75 Å². The van der Waals surface area contributed by atoms with E-state index in [0.717, 1.165) is 5.56 Å². The van der Waals surface area contributed by atoms with E-state index in [9.17, 15) is 9.59 Å². The molecule has 3 aromatic carbocycles. The molecule has 142 valence electrons. The molecule has 0 aromatic heterocycles. The number of anilines is 2. The van der Waals surface area contributed by atoms with Crippen molar-refractivity contribution >= 4 is 34.8 Å². The number of rotatable bonds is 6. The van der Waals surface area contributed by atoms with Gasteiger partial charge in [0, 0.05) is 22.0 Å². The van der Waals surface area contributed by atoms with Crippen molar-refractivity contribution < 1.29 is 14.3 Å². The van der Waals surface area contributed by atoms with Crippen molar-refractivity contribution in [2.24, 2.45) is 0 Å². The van der Waals surface area contributed by atoms with Crippen LogP contribution >= 0.6 is 11.6 Å². The first kappa shape index (κ1) is 19.5. The van der Waals surface area contributed by atoms with E-state index in [-0.39, 0.29) is 18.4 Å². The second kappa shape index (κ2) is 9.06. The average Bonchev–Trinajstić information content (AvgIpc) is 2.69. The summed E-state index contributed by atoms with van der Waals surface area (Å²) in [7, 11) is 0. The van der Waals surface area contributed by atoms with E-state index < -0.39 is 0 Å². The first-order valence-corrected chi connectivity index (χ1v) is 9.04. The topological polar surface area (TPSA) is 67.4 Å². The van der Waals surface area contributed by atoms with Gasteiger partial charge in [0.2, 0.25) is 0 Å². The Balaban J connectivity index is 1.51. The number of ether oxygens (including phenoxy) is 1. The SMILES string of the molecule is Cc1ccc(OCC(=O)Nc2ccc(NC(=O)c3cccc(Cl)c3)cc2)cc1. The summed E-state index contributed by atoms with van der Waals surface area (Å²) in [6.45, 7) is 1.90. The van der Waals surface area contributed by atoms with Gasteiger partial charge in [0.25, 0.3) is 11.8 Å². The van der Waals surface area contributed by atoms with E-state index in [0.29, 0.717) is 27.7 Å². The van der Waals surface area contributed by atoms with E-state index in [1.54, 1.807) is 48.5 Å². The Morgan fingerprint density at radius 3 is 2.18 bits per heavy atom. The van der Waals surface area contributed by atoms with Gasteiger partial charge in [-0.1, -0.05) is 35.4 Å². The minimum absolute atomic E-state index is 0.0870. The summed E-state index contributed by atoms with van der Waals surface area (Å²) in [5, 5.41) is 6.03. The normalized spacial score (nSPS) is 10.2. The largest absolute Gasteiger partial charge is 0.484 e. The fraction of sp³-hybridized carbons (Fsp3) is 0.0909. The number of nitrogens with one attached hydrogen (secondary N) is 2. The number of aryl methyl sites for hydroxylation is 1. The predicted octanol–water partition coefficient (Wildman–Crippen LogP) is 4.92. The third-order valence-corrected chi connectivity index (χ3v) is 4.14. The minimum Gasteiger partial charge on any atom is -0.484 e. The molecule has 0 atom stereocenters. The number of carbonyl (C=O) groups is 2. The number of benzene rings is 3. The number of hydrogen-bond donors (Lipinski definition) is 2. The standard InChI is InChI=1S/C22H19ClN2O3/c1-15-5-11-20(12-6-15)28-14-21(26)24-18-7-9-19(10-8-18)25-22(27)16-3-2-4-17(23)13-16/h2-13H,14H2,1H3,(H,24,26)(H,25,27). The van der Waals surface area contributed by atoms with E-state index in [1.807, 2.05) is 31.2 Å². The van der Waals surface area contributed by atoms with Crippen LogP contribution in [-0.4, -0.2) is 18.4 Å². The number of halogens is 1. The molecule has 0 aliphatic carbocycles. The Morgan fingerprint density at radius 1 is 0.893 bits per heavy atom. The zero-order chi connectivity index (χ0) is 19.9. The Bertz CT molecular complexity index is 970. The van der Waals surface area contributed by atoms with E-state index in [4.69, 9.17) is 16.3 Å². The summed E-state index contributed by atoms with van der Waals surface area (Å²) in [6, 6.07) is 21.0. The van der Waals surface area contributed by atoms with Gasteiger partial charge in [-0.05, 0) is 61.5 Å². The second-order valence-electron chi connectivity index (χ2n) is 6.19. The molecule has 0 radical (unpaired) electrons.